The lowest BCUT2D eigenvalue weighted by Gasteiger charge is -2.40. The molecule has 3 aliphatic rings. The third-order valence-corrected chi connectivity index (χ3v) is 5.72. The summed E-state index contributed by atoms with van der Waals surface area (Å²) < 4.78 is 0. The molecule has 4 atom stereocenters. The van der Waals surface area contributed by atoms with Crippen LogP contribution in [0, 0.1) is 27.9 Å². The summed E-state index contributed by atoms with van der Waals surface area (Å²) in [5, 5.41) is 11.3. The summed E-state index contributed by atoms with van der Waals surface area (Å²) in [6.45, 7) is 0. The average Bonchev–Trinajstić information content (AvgIpc) is 2.53. The highest BCUT2D eigenvalue weighted by Gasteiger charge is 2.45. The van der Waals surface area contributed by atoms with Crippen LogP contribution in [0.5, 0.6) is 0 Å². The molecule has 0 bridgehead atoms. The maximum atomic E-state index is 12.8. The predicted molar refractivity (Wildman–Crippen MR) is 82.3 cm³/mol. The maximum Gasteiger partial charge on any atom is 0.219 e. The molecular formula is C18H19NO3. The molecule has 0 N–H and O–H groups in total. The summed E-state index contributed by atoms with van der Waals surface area (Å²) in [5.41, 5.74) is 2.76. The van der Waals surface area contributed by atoms with Crippen LogP contribution in [0.25, 0.3) is 0 Å². The monoisotopic (exact) mass is 297 g/mol. The molecule has 1 aromatic carbocycles. The van der Waals surface area contributed by atoms with Gasteiger partial charge in [-0.1, -0.05) is 30.3 Å². The third-order valence-electron chi connectivity index (χ3n) is 5.72. The summed E-state index contributed by atoms with van der Waals surface area (Å²) in [7, 11) is 0. The Labute approximate surface area is 129 Å². The smallest absolute Gasteiger partial charge is 0.219 e. The summed E-state index contributed by atoms with van der Waals surface area (Å²) in [6, 6.07) is 7.29. The molecule has 4 rings (SSSR count). The number of carbonyl (C=O) groups is 1. The molecule has 4 heteroatoms. The van der Waals surface area contributed by atoms with E-state index in [4.69, 9.17) is 0 Å². The van der Waals surface area contributed by atoms with Gasteiger partial charge in [0.2, 0.25) is 6.04 Å². The van der Waals surface area contributed by atoms with E-state index in [2.05, 4.69) is 0 Å². The van der Waals surface area contributed by atoms with Gasteiger partial charge in [0.25, 0.3) is 0 Å². The van der Waals surface area contributed by atoms with Crippen LogP contribution in [0.3, 0.4) is 0 Å². The third kappa shape index (κ3) is 2.01. The Morgan fingerprint density at radius 1 is 1.18 bits per heavy atom. The first-order chi connectivity index (χ1) is 10.6. The molecule has 1 saturated carbocycles. The van der Waals surface area contributed by atoms with Crippen molar-refractivity contribution in [2.45, 2.75) is 38.1 Å². The van der Waals surface area contributed by atoms with Crippen molar-refractivity contribution >= 4 is 5.78 Å². The van der Waals surface area contributed by atoms with E-state index >= 15 is 0 Å². The van der Waals surface area contributed by atoms with Crippen molar-refractivity contribution < 1.29 is 9.72 Å². The van der Waals surface area contributed by atoms with E-state index in [0.29, 0.717) is 12.3 Å². The Morgan fingerprint density at radius 3 is 2.82 bits per heavy atom. The second-order valence-corrected chi connectivity index (χ2v) is 6.87. The number of nitro groups is 1. The molecule has 0 aromatic heterocycles. The standard InChI is InChI=1S/C18H19NO3/c20-18-14-6-2-1-4-11(14)8-13-9-12-5-3-7-17(19(21)22)15(12)10-16(13)18/h1-2,4,6,10,12-13,15,17H,3,5,7-9H2. The van der Waals surface area contributed by atoms with Gasteiger partial charge in [-0.3, -0.25) is 14.9 Å². The first-order valence-electron chi connectivity index (χ1n) is 8.13. The number of hydrogen-bond acceptors (Lipinski definition) is 3. The Balaban J connectivity index is 1.75. The van der Waals surface area contributed by atoms with E-state index in [0.717, 1.165) is 42.4 Å². The Kier molecular flexibility index (Phi) is 3.13. The minimum absolute atomic E-state index is 0.0517. The number of fused-ring (bicyclic) bond motifs is 3. The molecule has 22 heavy (non-hydrogen) atoms. The highest BCUT2D eigenvalue weighted by Crippen LogP contribution is 2.46. The van der Waals surface area contributed by atoms with Crippen molar-refractivity contribution in [2.75, 3.05) is 0 Å². The molecule has 4 unspecified atom stereocenters. The summed E-state index contributed by atoms with van der Waals surface area (Å²) in [4.78, 5) is 24.0. The van der Waals surface area contributed by atoms with Gasteiger partial charge in [-0.25, -0.2) is 0 Å². The molecule has 114 valence electrons. The van der Waals surface area contributed by atoms with E-state index in [1.807, 2.05) is 30.3 Å². The van der Waals surface area contributed by atoms with E-state index in [-0.39, 0.29) is 22.5 Å². The van der Waals surface area contributed by atoms with Crippen molar-refractivity contribution in [3.05, 3.63) is 57.2 Å². The van der Waals surface area contributed by atoms with Crippen molar-refractivity contribution in [3.8, 4) is 0 Å². The van der Waals surface area contributed by atoms with Crippen molar-refractivity contribution in [2.24, 2.45) is 17.8 Å². The van der Waals surface area contributed by atoms with Gasteiger partial charge < -0.3 is 0 Å². The minimum atomic E-state index is -0.503. The fourth-order valence-corrected chi connectivity index (χ4v) is 4.69. The maximum absolute atomic E-state index is 12.8. The van der Waals surface area contributed by atoms with E-state index in [1.54, 1.807) is 0 Å². The van der Waals surface area contributed by atoms with Crippen LogP contribution in [0.1, 0.15) is 41.6 Å². The van der Waals surface area contributed by atoms with Gasteiger partial charge in [-0.15, -0.1) is 0 Å². The molecule has 0 saturated heterocycles. The fourth-order valence-electron chi connectivity index (χ4n) is 4.69. The number of nitrogens with zero attached hydrogens (tertiary/aromatic N) is 1. The highest BCUT2D eigenvalue weighted by molar-refractivity contribution is 6.11. The minimum Gasteiger partial charge on any atom is -0.289 e. The number of rotatable bonds is 1. The van der Waals surface area contributed by atoms with Gasteiger partial charge in [0.05, 0.1) is 0 Å². The van der Waals surface area contributed by atoms with Gasteiger partial charge in [0.1, 0.15) is 0 Å². The highest BCUT2D eigenvalue weighted by atomic mass is 16.6. The number of hydrogen-bond donors (Lipinski definition) is 0. The summed E-state index contributed by atoms with van der Waals surface area (Å²) in [6.07, 6.45) is 6.45. The van der Waals surface area contributed by atoms with E-state index in [9.17, 15) is 14.9 Å². The van der Waals surface area contributed by atoms with Crippen molar-refractivity contribution in [1.29, 1.82) is 0 Å². The molecule has 1 fully saturated rings. The number of ketones is 1. The van der Waals surface area contributed by atoms with Crippen molar-refractivity contribution in [3.63, 3.8) is 0 Å². The van der Waals surface area contributed by atoms with Crippen LogP contribution in [-0.2, 0) is 6.42 Å². The van der Waals surface area contributed by atoms with Gasteiger partial charge in [0.15, 0.2) is 5.78 Å². The Bertz CT molecular complexity index is 679. The molecule has 0 radical (unpaired) electrons. The topological polar surface area (TPSA) is 60.2 Å². The normalized spacial score (nSPS) is 33.3. The zero-order chi connectivity index (χ0) is 15.3. The quantitative estimate of drug-likeness (QED) is 0.589. The molecule has 1 aromatic rings. The van der Waals surface area contributed by atoms with Gasteiger partial charge in [-0.2, -0.15) is 0 Å². The molecule has 3 aliphatic carbocycles. The van der Waals surface area contributed by atoms with E-state index in [1.165, 1.54) is 0 Å². The van der Waals surface area contributed by atoms with Crippen LogP contribution in [-0.4, -0.2) is 16.7 Å². The van der Waals surface area contributed by atoms with Crippen LogP contribution in [0.2, 0.25) is 0 Å². The van der Waals surface area contributed by atoms with Crippen LogP contribution in [0.15, 0.2) is 35.9 Å². The average molecular weight is 297 g/mol. The molecule has 4 nitrogen and oxygen atoms in total. The number of carbonyl (C=O) groups excluding carboxylic acids is 1. The van der Waals surface area contributed by atoms with Crippen molar-refractivity contribution in [1.82, 2.24) is 0 Å². The number of Topliss-reactive ketones (excluding diaryl/α,β-unsaturated/α-hetero) is 1. The zero-order valence-electron chi connectivity index (χ0n) is 12.4. The van der Waals surface area contributed by atoms with Crippen LogP contribution < -0.4 is 0 Å². The lowest BCUT2D eigenvalue weighted by atomic mass is 9.63. The zero-order valence-corrected chi connectivity index (χ0v) is 12.4. The van der Waals surface area contributed by atoms with Crippen LogP contribution in [0.4, 0.5) is 0 Å². The fraction of sp³-hybridized carbons (Fsp3) is 0.500. The molecule has 0 spiro atoms. The molecular weight excluding hydrogens is 278 g/mol. The van der Waals surface area contributed by atoms with Gasteiger partial charge >= 0.3 is 0 Å². The lowest BCUT2D eigenvalue weighted by molar-refractivity contribution is -0.535. The second kappa shape index (κ2) is 5.04. The SMILES string of the molecule is O=C1C2=CC3C(CCCC3[N+](=O)[O-])CC2Cc2ccccc21. The van der Waals surface area contributed by atoms with Gasteiger partial charge in [0, 0.05) is 28.4 Å². The summed E-state index contributed by atoms with van der Waals surface area (Å²) in [5.74, 6) is 0.673. The number of benzene rings is 1. The summed E-state index contributed by atoms with van der Waals surface area (Å²) >= 11 is 0. The largest absolute Gasteiger partial charge is 0.289 e. The second-order valence-electron chi connectivity index (χ2n) is 6.87. The number of allylic oxidation sites excluding steroid dienone is 1. The first-order valence-corrected chi connectivity index (χ1v) is 8.13. The lowest BCUT2D eigenvalue weighted by Crippen LogP contribution is -2.42. The molecule has 0 aliphatic heterocycles. The Hall–Kier alpha value is -1.97. The predicted octanol–water partition coefficient (Wildman–Crippen LogP) is 3.43. The van der Waals surface area contributed by atoms with Crippen LogP contribution >= 0.6 is 0 Å². The molecule has 0 amide bonds. The molecule has 0 heterocycles. The first kappa shape index (κ1) is 13.7. The Morgan fingerprint density at radius 2 is 2.00 bits per heavy atom. The van der Waals surface area contributed by atoms with Gasteiger partial charge in [-0.05, 0) is 43.1 Å². The van der Waals surface area contributed by atoms with E-state index < -0.39 is 6.04 Å².